The molecule has 1 saturated heterocycles. The van der Waals surface area contributed by atoms with Crippen LogP contribution in [-0.2, 0) is 23.1 Å². The molecule has 2 rings (SSSR count). The number of nitrogens with zero attached hydrogens (tertiary/aromatic N) is 3. The molecule has 2 heterocycles. The zero-order valence-corrected chi connectivity index (χ0v) is 11.7. The molecule has 1 atom stereocenters. The molecule has 1 aliphatic heterocycles. The molecule has 0 aromatic carbocycles. The summed E-state index contributed by atoms with van der Waals surface area (Å²) in [6.45, 7) is 6.98. The standard InChI is InChI=1S/C13H21N3O3/c1-9-12(10(2)15(3)14-9)8-16-4-5-19-11(7-16)6-13(17)18/h11H,4-8H2,1-3H3,(H,17,18). The number of morpholine rings is 1. The number of hydrogen-bond acceptors (Lipinski definition) is 4. The van der Waals surface area contributed by atoms with Crippen molar-refractivity contribution < 1.29 is 14.6 Å². The second-order valence-corrected chi connectivity index (χ2v) is 5.10. The van der Waals surface area contributed by atoms with Crippen molar-refractivity contribution in [2.45, 2.75) is 32.9 Å². The molecule has 0 radical (unpaired) electrons. The van der Waals surface area contributed by atoms with Crippen LogP contribution in [0.3, 0.4) is 0 Å². The fourth-order valence-corrected chi connectivity index (χ4v) is 2.51. The van der Waals surface area contributed by atoms with E-state index in [9.17, 15) is 4.79 Å². The molecule has 1 unspecified atom stereocenters. The molecule has 1 aromatic rings. The highest BCUT2D eigenvalue weighted by atomic mass is 16.5. The van der Waals surface area contributed by atoms with Crippen molar-refractivity contribution in [2.24, 2.45) is 7.05 Å². The number of hydrogen-bond donors (Lipinski definition) is 1. The molecule has 0 bridgehead atoms. The van der Waals surface area contributed by atoms with Crippen LogP contribution in [0.2, 0.25) is 0 Å². The van der Waals surface area contributed by atoms with Crippen molar-refractivity contribution in [3.63, 3.8) is 0 Å². The lowest BCUT2D eigenvalue weighted by Crippen LogP contribution is -2.42. The number of ether oxygens (including phenoxy) is 1. The zero-order chi connectivity index (χ0) is 14.0. The summed E-state index contributed by atoms with van der Waals surface area (Å²) in [5.41, 5.74) is 3.44. The summed E-state index contributed by atoms with van der Waals surface area (Å²) >= 11 is 0. The highest BCUT2D eigenvalue weighted by Crippen LogP contribution is 2.17. The van der Waals surface area contributed by atoms with Crippen molar-refractivity contribution in [1.29, 1.82) is 0 Å². The monoisotopic (exact) mass is 267 g/mol. The van der Waals surface area contributed by atoms with E-state index in [1.54, 1.807) is 0 Å². The first-order chi connectivity index (χ1) is 8.97. The molecule has 6 nitrogen and oxygen atoms in total. The van der Waals surface area contributed by atoms with E-state index in [2.05, 4.69) is 16.9 Å². The number of aromatic nitrogens is 2. The van der Waals surface area contributed by atoms with E-state index in [1.165, 1.54) is 11.3 Å². The maximum Gasteiger partial charge on any atom is 0.306 e. The van der Waals surface area contributed by atoms with Crippen LogP contribution >= 0.6 is 0 Å². The maximum absolute atomic E-state index is 10.7. The highest BCUT2D eigenvalue weighted by molar-refractivity contribution is 5.67. The van der Waals surface area contributed by atoms with Crippen molar-refractivity contribution >= 4 is 5.97 Å². The highest BCUT2D eigenvalue weighted by Gasteiger charge is 2.24. The molecular formula is C13H21N3O3. The minimum Gasteiger partial charge on any atom is -0.481 e. The first-order valence-electron chi connectivity index (χ1n) is 6.52. The van der Waals surface area contributed by atoms with Crippen LogP contribution in [0.25, 0.3) is 0 Å². The molecule has 1 aliphatic rings. The van der Waals surface area contributed by atoms with Crippen LogP contribution < -0.4 is 0 Å². The predicted octanol–water partition coefficient (Wildman–Crippen LogP) is 0.712. The number of carboxylic acid groups (broad SMARTS) is 1. The Morgan fingerprint density at radius 1 is 1.53 bits per heavy atom. The average Bonchev–Trinajstić information content (AvgIpc) is 2.56. The number of rotatable bonds is 4. The Bertz CT molecular complexity index is 470. The second-order valence-electron chi connectivity index (χ2n) is 5.10. The molecule has 0 amide bonds. The van der Waals surface area contributed by atoms with Gasteiger partial charge in [0.05, 0.1) is 24.8 Å². The Balaban J connectivity index is 2.00. The van der Waals surface area contributed by atoms with Gasteiger partial charge in [-0.05, 0) is 13.8 Å². The summed E-state index contributed by atoms with van der Waals surface area (Å²) in [5.74, 6) is -0.805. The Labute approximate surface area is 113 Å². The Kier molecular flexibility index (Phi) is 4.21. The first-order valence-corrected chi connectivity index (χ1v) is 6.52. The third-order valence-electron chi connectivity index (χ3n) is 3.67. The normalized spacial score (nSPS) is 20.7. The van der Waals surface area contributed by atoms with E-state index in [0.29, 0.717) is 13.2 Å². The summed E-state index contributed by atoms with van der Waals surface area (Å²) in [6.07, 6.45) is -0.134. The smallest absolute Gasteiger partial charge is 0.306 e. The molecular weight excluding hydrogens is 246 g/mol. The number of aliphatic carboxylic acids is 1. The lowest BCUT2D eigenvalue weighted by molar-refractivity contribution is -0.142. The van der Waals surface area contributed by atoms with Crippen molar-refractivity contribution in [3.05, 3.63) is 17.0 Å². The quantitative estimate of drug-likeness (QED) is 0.870. The number of carboxylic acids is 1. The van der Waals surface area contributed by atoms with E-state index in [1.807, 2.05) is 18.7 Å². The first kappa shape index (κ1) is 14.0. The Hall–Kier alpha value is -1.40. The van der Waals surface area contributed by atoms with E-state index >= 15 is 0 Å². The van der Waals surface area contributed by atoms with Crippen LogP contribution in [0.5, 0.6) is 0 Å². The third kappa shape index (κ3) is 3.33. The molecule has 6 heteroatoms. The average molecular weight is 267 g/mol. The Morgan fingerprint density at radius 2 is 2.26 bits per heavy atom. The van der Waals surface area contributed by atoms with E-state index in [0.717, 1.165) is 18.8 Å². The van der Waals surface area contributed by atoms with E-state index in [-0.39, 0.29) is 12.5 Å². The summed E-state index contributed by atoms with van der Waals surface area (Å²) in [5, 5.41) is 13.2. The van der Waals surface area contributed by atoms with Crippen LogP contribution in [0.15, 0.2) is 0 Å². The lowest BCUT2D eigenvalue weighted by Gasteiger charge is -2.32. The zero-order valence-electron chi connectivity index (χ0n) is 11.7. The Morgan fingerprint density at radius 3 is 2.84 bits per heavy atom. The van der Waals surface area contributed by atoms with E-state index < -0.39 is 5.97 Å². The summed E-state index contributed by atoms with van der Waals surface area (Å²) in [6, 6.07) is 0. The maximum atomic E-state index is 10.7. The van der Waals surface area contributed by atoms with Gasteiger partial charge in [-0.15, -0.1) is 0 Å². The van der Waals surface area contributed by atoms with Gasteiger partial charge in [0, 0.05) is 37.9 Å². The minimum atomic E-state index is -0.805. The molecule has 106 valence electrons. The minimum absolute atomic E-state index is 0.0709. The fraction of sp³-hybridized carbons (Fsp3) is 0.692. The molecule has 0 aliphatic carbocycles. The summed E-state index contributed by atoms with van der Waals surface area (Å²) in [7, 11) is 1.94. The van der Waals surface area contributed by atoms with Gasteiger partial charge in [-0.1, -0.05) is 0 Å². The molecule has 1 aromatic heterocycles. The lowest BCUT2D eigenvalue weighted by atomic mass is 10.1. The van der Waals surface area contributed by atoms with Gasteiger partial charge in [-0.3, -0.25) is 14.4 Å². The number of aryl methyl sites for hydroxylation is 2. The topological polar surface area (TPSA) is 67.6 Å². The SMILES string of the molecule is Cc1nn(C)c(C)c1CN1CCOC(CC(=O)O)C1. The second kappa shape index (κ2) is 5.71. The van der Waals surface area contributed by atoms with Crippen LogP contribution in [0, 0.1) is 13.8 Å². The van der Waals surface area contributed by atoms with Gasteiger partial charge in [-0.25, -0.2) is 0 Å². The molecule has 0 spiro atoms. The van der Waals surface area contributed by atoms with Crippen molar-refractivity contribution in [1.82, 2.24) is 14.7 Å². The molecule has 1 N–H and O–H groups in total. The summed E-state index contributed by atoms with van der Waals surface area (Å²) < 4.78 is 7.37. The van der Waals surface area contributed by atoms with Crippen molar-refractivity contribution in [3.8, 4) is 0 Å². The van der Waals surface area contributed by atoms with Crippen molar-refractivity contribution in [2.75, 3.05) is 19.7 Å². The third-order valence-corrected chi connectivity index (χ3v) is 3.67. The van der Waals surface area contributed by atoms with Gasteiger partial charge >= 0.3 is 5.97 Å². The van der Waals surface area contributed by atoms with Gasteiger partial charge in [0.25, 0.3) is 0 Å². The van der Waals surface area contributed by atoms with Crippen LogP contribution in [0.1, 0.15) is 23.4 Å². The van der Waals surface area contributed by atoms with Gasteiger partial charge < -0.3 is 9.84 Å². The fourth-order valence-electron chi connectivity index (χ4n) is 2.51. The predicted molar refractivity (Wildman–Crippen MR) is 70.0 cm³/mol. The van der Waals surface area contributed by atoms with Gasteiger partial charge in [0.2, 0.25) is 0 Å². The largest absolute Gasteiger partial charge is 0.481 e. The van der Waals surface area contributed by atoms with Gasteiger partial charge in [0.1, 0.15) is 0 Å². The summed E-state index contributed by atoms with van der Waals surface area (Å²) in [4.78, 5) is 13.0. The van der Waals surface area contributed by atoms with Gasteiger partial charge in [0.15, 0.2) is 0 Å². The van der Waals surface area contributed by atoms with Gasteiger partial charge in [-0.2, -0.15) is 5.10 Å². The molecule has 19 heavy (non-hydrogen) atoms. The van der Waals surface area contributed by atoms with E-state index in [4.69, 9.17) is 9.84 Å². The van der Waals surface area contributed by atoms with Crippen LogP contribution in [0.4, 0.5) is 0 Å². The molecule has 0 saturated carbocycles. The molecule has 1 fully saturated rings. The number of carbonyl (C=O) groups is 1. The van der Waals surface area contributed by atoms with Crippen LogP contribution in [-0.4, -0.2) is 51.6 Å².